The summed E-state index contributed by atoms with van der Waals surface area (Å²) in [5, 5.41) is 3.33. The van der Waals surface area contributed by atoms with E-state index in [0.717, 1.165) is 22.0 Å². The zero-order valence-electron chi connectivity index (χ0n) is 23.3. The summed E-state index contributed by atoms with van der Waals surface area (Å²) in [6.45, 7) is 8.48. The first kappa shape index (κ1) is 31.1. The molecule has 0 fully saturated rings. The van der Waals surface area contributed by atoms with E-state index in [2.05, 4.69) is 5.32 Å². The minimum atomic E-state index is -4.24. The normalized spacial score (nSPS) is 12.5. The van der Waals surface area contributed by atoms with Gasteiger partial charge < -0.3 is 10.2 Å². The molecule has 3 aromatic rings. The molecule has 0 saturated carbocycles. The van der Waals surface area contributed by atoms with E-state index >= 15 is 0 Å². The Morgan fingerprint density at radius 3 is 2.12 bits per heavy atom. The molecule has 0 unspecified atom stereocenters. The van der Waals surface area contributed by atoms with Gasteiger partial charge in [-0.25, -0.2) is 12.8 Å². The first-order chi connectivity index (χ1) is 18.7. The number of aryl methyl sites for hydroxylation is 1. The molecule has 3 rings (SSSR count). The van der Waals surface area contributed by atoms with Crippen molar-refractivity contribution in [3.8, 4) is 0 Å². The third-order valence-corrected chi connectivity index (χ3v) is 8.34. The number of halogens is 2. The number of sulfonamides is 1. The molecular formula is C30H35ClFN3O4S. The molecule has 0 aliphatic heterocycles. The number of hydrogen-bond donors (Lipinski definition) is 1. The van der Waals surface area contributed by atoms with E-state index in [-0.39, 0.29) is 29.5 Å². The lowest BCUT2D eigenvalue weighted by Gasteiger charge is -2.35. The van der Waals surface area contributed by atoms with Crippen molar-refractivity contribution in [3.05, 3.63) is 94.8 Å². The van der Waals surface area contributed by atoms with Gasteiger partial charge in [-0.1, -0.05) is 54.4 Å². The summed E-state index contributed by atoms with van der Waals surface area (Å²) in [5.74, 6) is -1.53. The van der Waals surface area contributed by atoms with Crippen LogP contribution in [0.5, 0.6) is 0 Å². The second kappa shape index (κ2) is 12.8. The number of carbonyl (C=O) groups is 2. The highest BCUT2D eigenvalue weighted by molar-refractivity contribution is 7.92. The lowest BCUT2D eigenvalue weighted by Crippen LogP contribution is -2.55. The van der Waals surface area contributed by atoms with Crippen LogP contribution in [0.15, 0.2) is 77.7 Å². The molecule has 1 N–H and O–H groups in total. The third-order valence-electron chi connectivity index (χ3n) is 6.19. The highest BCUT2D eigenvalue weighted by Gasteiger charge is 2.34. The summed E-state index contributed by atoms with van der Waals surface area (Å²) in [5.41, 5.74) is 1.03. The lowest BCUT2D eigenvalue weighted by atomic mass is 10.1. The number of benzene rings is 3. The average Bonchev–Trinajstić information content (AvgIpc) is 2.88. The van der Waals surface area contributed by atoms with E-state index in [4.69, 9.17) is 11.6 Å². The van der Waals surface area contributed by atoms with Crippen LogP contribution in [0.1, 0.15) is 45.2 Å². The van der Waals surface area contributed by atoms with Crippen molar-refractivity contribution in [3.63, 3.8) is 0 Å². The quantitative estimate of drug-likeness (QED) is 0.329. The van der Waals surface area contributed by atoms with Crippen molar-refractivity contribution in [2.75, 3.05) is 10.8 Å². The molecule has 0 radical (unpaired) electrons. The van der Waals surface area contributed by atoms with Crippen LogP contribution in [0.4, 0.5) is 10.1 Å². The van der Waals surface area contributed by atoms with Crippen molar-refractivity contribution in [2.45, 2.75) is 64.1 Å². The Morgan fingerprint density at radius 1 is 0.975 bits per heavy atom. The fourth-order valence-corrected chi connectivity index (χ4v) is 5.77. The van der Waals surface area contributed by atoms with Gasteiger partial charge in [-0.05, 0) is 82.1 Å². The third kappa shape index (κ3) is 7.82. The summed E-state index contributed by atoms with van der Waals surface area (Å²) < 4.78 is 42.3. The Labute approximate surface area is 241 Å². The molecular weight excluding hydrogens is 553 g/mol. The minimum absolute atomic E-state index is 0.0174. The summed E-state index contributed by atoms with van der Waals surface area (Å²) >= 11 is 6.41. The molecule has 40 heavy (non-hydrogen) atoms. The Morgan fingerprint density at radius 2 is 1.57 bits per heavy atom. The van der Waals surface area contributed by atoms with Crippen molar-refractivity contribution in [2.24, 2.45) is 0 Å². The molecule has 0 aromatic heterocycles. The Kier molecular flexibility index (Phi) is 9.97. The van der Waals surface area contributed by atoms with Gasteiger partial charge in [0, 0.05) is 17.1 Å². The molecule has 0 bridgehead atoms. The highest BCUT2D eigenvalue weighted by Crippen LogP contribution is 2.26. The van der Waals surface area contributed by atoms with E-state index in [0.29, 0.717) is 10.6 Å². The molecule has 3 aromatic carbocycles. The molecule has 0 heterocycles. The monoisotopic (exact) mass is 587 g/mol. The summed E-state index contributed by atoms with van der Waals surface area (Å²) in [6.07, 6.45) is 0.277. The molecule has 214 valence electrons. The second-order valence-corrected chi connectivity index (χ2v) is 12.8. The molecule has 0 spiro atoms. The van der Waals surface area contributed by atoms with Crippen LogP contribution in [0.3, 0.4) is 0 Å². The van der Waals surface area contributed by atoms with Crippen molar-refractivity contribution >= 4 is 39.1 Å². The van der Waals surface area contributed by atoms with Gasteiger partial charge in [-0.15, -0.1) is 0 Å². The maximum atomic E-state index is 14.0. The zero-order valence-corrected chi connectivity index (χ0v) is 24.9. The van der Waals surface area contributed by atoms with Crippen LogP contribution in [0.2, 0.25) is 5.02 Å². The van der Waals surface area contributed by atoms with Gasteiger partial charge in [-0.3, -0.25) is 13.9 Å². The second-order valence-electron chi connectivity index (χ2n) is 10.6. The van der Waals surface area contributed by atoms with Crippen LogP contribution in [0, 0.1) is 12.7 Å². The standard InChI is InChI=1S/C30H35ClFN3O4S/c1-6-27(29(37)33-30(3,4)5)34(19-22-9-7-8-10-26(22)31)28(36)20-35(24-15-13-23(32)14-16-24)40(38,39)25-17-11-21(2)12-18-25/h7-18,27H,6,19-20H2,1-5H3,(H,33,37)/t27-/m0/s1. The number of nitrogens with one attached hydrogen (secondary N) is 1. The van der Waals surface area contributed by atoms with Crippen LogP contribution < -0.4 is 9.62 Å². The number of hydrogen-bond acceptors (Lipinski definition) is 4. The van der Waals surface area contributed by atoms with Crippen molar-refractivity contribution < 1.29 is 22.4 Å². The topological polar surface area (TPSA) is 86.8 Å². The smallest absolute Gasteiger partial charge is 0.264 e. The van der Waals surface area contributed by atoms with Gasteiger partial charge in [0.05, 0.1) is 10.6 Å². The highest BCUT2D eigenvalue weighted by atomic mass is 35.5. The first-order valence-corrected chi connectivity index (χ1v) is 14.7. The summed E-state index contributed by atoms with van der Waals surface area (Å²) in [4.78, 5) is 28.7. The van der Waals surface area contributed by atoms with E-state index in [1.165, 1.54) is 29.2 Å². The van der Waals surface area contributed by atoms with Gasteiger partial charge in [0.2, 0.25) is 11.8 Å². The zero-order chi connectivity index (χ0) is 29.7. The lowest BCUT2D eigenvalue weighted by molar-refractivity contribution is -0.141. The van der Waals surface area contributed by atoms with E-state index in [9.17, 15) is 22.4 Å². The molecule has 10 heteroatoms. The van der Waals surface area contributed by atoms with E-state index in [1.807, 2.05) is 27.7 Å². The number of carbonyl (C=O) groups excluding carboxylic acids is 2. The number of rotatable bonds is 10. The van der Waals surface area contributed by atoms with Gasteiger partial charge in [0.25, 0.3) is 10.0 Å². The molecule has 1 atom stereocenters. The maximum absolute atomic E-state index is 14.0. The first-order valence-electron chi connectivity index (χ1n) is 12.9. The van der Waals surface area contributed by atoms with Crippen molar-refractivity contribution in [1.29, 1.82) is 0 Å². The van der Waals surface area contributed by atoms with Gasteiger partial charge in [0.15, 0.2) is 0 Å². The number of amides is 2. The Bertz CT molecular complexity index is 1440. The molecule has 0 saturated heterocycles. The van der Waals surface area contributed by atoms with Crippen LogP contribution >= 0.6 is 11.6 Å². The summed E-state index contributed by atoms with van der Waals surface area (Å²) in [7, 11) is -4.24. The number of nitrogens with zero attached hydrogens (tertiary/aromatic N) is 2. The van der Waals surface area contributed by atoms with Gasteiger partial charge in [-0.2, -0.15) is 0 Å². The summed E-state index contributed by atoms with van der Waals surface area (Å²) in [6, 6.07) is 17.1. The molecule has 2 amide bonds. The minimum Gasteiger partial charge on any atom is -0.350 e. The maximum Gasteiger partial charge on any atom is 0.264 e. The van der Waals surface area contributed by atoms with Crippen LogP contribution in [-0.2, 0) is 26.2 Å². The van der Waals surface area contributed by atoms with Crippen molar-refractivity contribution in [1.82, 2.24) is 10.2 Å². The largest absolute Gasteiger partial charge is 0.350 e. The van der Waals surface area contributed by atoms with E-state index < -0.39 is 39.9 Å². The fraction of sp³-hybridized carbons (Fsp3) is 0.333. The SMILES string of the molecule is CC[C@@H](C(=O)NC(C)(C)C)N(Cc1ccccc1Cl)C(=O)CN(c1ccc(F)cc1)S(=O)(=O)c1ccc(C)cc1. The fourth-order valence-electron chi connectivity index (χ4n) is 4.16. The average molecular weight is 588 g/mol. The van der Waals surface area contributed by atoms with Crippen LogP contribution in [0.25, 0.3) is 0 Å². The number of anilines is 1. The predicted octanol–water partition coefficient (Wildman–Crippen LogP) is 5.70. The Balaban J connectivity index is 2.08. The molecule has 0 aliphatic carbocycles. The molecule has 7 nitrogen and oxygen atoms in total. The molecule has 0 aliphatic rings. The van der Waals surface area contributed by atoms with E-state index in [1.54, 1.807) is 43.3 Å². The Hall–Kier alpha value is -3.43. The van der Waals surface area contributed by atoms with Crippen LogP contribution in [-0.4, -0.2) is 43.3 Å². The predicted molar refractivity (Wildman–Crippen MR) is 156 cm³/mol. The van der Waals surface area contributed by atoms with Gasteiger partial charge >= 0.3 is 0 Å². The van der Waals surface area contributed by atoms with Gasteiger partial charge in [0.1, 0.15) is 18.4 Å².